The lowest BCUT2D eigenvalue weighted by Crippen LogP contribution is -2.43. The molecule has 0 aromatic heterocycles. The number of esters is 3. The number of ether oxygens (including phenoxy) is 3. The van der Waals surface area contributed by atoms with Crippen molar-refractivity contribution in [1.82, 2.24) is 0 Å². The number of hydrogen-bond donors (Lipinski definition) is 0. The minimum Gasteiger partial charge on any atom is -0.469 e. The summed E-state index contributed by atoms with van der Waals surface area (Å²) in [5, 5.41) is 0. The first-order valence-corrected chi connectivity index (χ1v) is 13.3. The van der Waals surface area contributed by atoms with Crippen LogP contribution in [0.15, 0.2) is 0 Å². The number of methoxy groups -OCH3 is 1. The average Bonchev–Trinajstić information content (AvgIpc) is 2.73. The Bertz CT molecular complexity index is 665. The van der Waals surface area contributed by atoms with Crippen molar-refractivity contribution in [2.75, 3.05) is 7.11 Å². The van der Waals surface area contributed by atoms with E-state index < -0.39 is 17.0 Å². The van der Waals surface area contributed by atoms with E-state index in [0.29, 0.717) is 38.5 Å². The maximum absolute atomic E-state index is 13.3. The molecule has 0 saturated carbocycles. The predicted molar refractivity (Wildman–Crippen MR) is 137 cm³/mol. The summed E-state index contributed by atoms with van der Waals surface area (Å²) in [4.78, 5) is 49.3. The second-order valence-electron chi connectivity index (χ2n) is 10.9. The fourth-order valence-electron chi connectivity index (χ4n) is 4.34. The van der Waals surface area contributed by atoms with Crippen molar-refractivity contribution in [1.29, 1.82) is 0 Å². The van der Waals surface area contributed by atoms with Gasteiger partial charge in [0.1, 0.15) is 22.9 Å². The molecule has 0 aliphatic heterocycles. The lowest BCUT2D eigenvalue weighted by Gasteiger charge is -2.33. The van der Waals surface area contributed by atoms with Gasteiger partial charge in [0.2, 0.25) is 0 Å². The van der Waals surface area contributed by atoms with Crippen LogP contribution in [0.25, 0.3) is 0 Å². The molecule has 0 saturated heterocycles. The molecule has 0 heterocycles. The molecule has 0 spiro atoms. The van der Waals surface area contributed by atoms with Crippen molar-refractivity contribution in [3.8, 4) is 0 Å². The molecular formula is C28H50O7. The lowest BCUT2D eigenvalue weighted by molar-refractivity contribution is -0.171. The Hall–Kier alpha value is -1.92. The van der Waals surface area contributed by atoms with Crippen molar-refractivity contribution in [3.05, 3.63) is 0 Å². The highest BCUT2D eigenvalue weighted by Crippen LogP contribution is 2.36. The van der Waals surface area contributed by atoms with Gasteiger partial charge in [-0.05, 0) is 72.1 Å². The van der Waals surface area contributed by atoms with Crippen molar-refractivity contribution in [3.63, 3.8) is 0 Å². The fourth-order valence-corrected chi connectivity index (χ4v) is 4.34. The Balaban J connectivity index is 5.35. The molecule has 0 aliphatic rings. The fraction of sp³-hybridized carbons (Fsp3) is 0.857. The second-order valence-corrected chi connectivity index (χ2v) is 10.9. The summed E-state index contributed by atoms with van der Waals surface area (Å²) in [5.41, 5.74) is -1.92. The van der Waals surface area contributed by atoms with Crippen LogP contribution in [0.4, 0.5) is 0 Å². The first kappa shape index (κ1) is 33.1. The molecule has 0 aliphatic carbocycles. The van der Waals surface area contributed by atoms with Crippen LogP contribution in [0.1, 0.15) is 126 Å². The number of carbonyl (C=O) groups excluding carboxylic acids is 4. The first-order valence-electron chi connectivity index (χ1n) is 13.3. The maximum Gasteiger partial charge on any atom is 0.320 e. The van der Waals surface area contributed by atoms with Crippen LogP contribution in [-0.4, -0.2) is 42.5 Å². The summed E-state index contributed by atoms with van der Waals surface area (Å²) < 4.78 is 15.9. The quantitative estimate of drug-likeness (QED) is 0.0940. The van der Waals surface area contributed by atoms with Gasteiger partial charge in [0.15, 0.2) is 0 Å². The van der Waals surface area contributed by atoms with Gasteiger partial charge in [-0.1, -0.05) is 46.0 Å². The topological polar surface area (TPSA) is 96.0 Å². The zero-order valence-corrected chi connectivity index (χ0v) is 23.5. The van der Waals surface area contributed by atoms with Crippen molar-refractivity contribution < 1.29 is 33.4 Å². The molecule has 3 unspecified atom stereocenters. The van der Waals surface area contributed by atoms with E-state index in [-0.39, 0.29) is 29.7 Å². The van der Waals surface area contributed by atoms with Gasteiger partial charge < -0.3 is 14.2 Å². The highest BCUT2D eigenvalue weighted by Gasteiger charge is 2.45. The molecule has 0 N–H and O–H groups in total. The number of ketones is 1. The minimum atomic E-state index is -1.22. The maximum atomic E-state index is 13.3. The van der Waals surface area contributed by atoms with Crippen molar-refractivity contribution >= 4 is 23.7 Å². The number of carbonyl (C=O) groups is 4. The second kappa shape index (κ2) is 16.7. The summed E-state index contributed by atoms with van der Waals surface area (Å²) in [6, 6.07) is 0. The number of hydrogen-bond acceptors (Lipinski definition) is 7. The Kier molecular flexibility index (Phi) is 15.8. The molecule has 3 atom stereocenters. The minimum absolute atomic E-state index is 0.170. The highest BCUT2D eigenvalue weighted by atomic mass is 16.6. The Morgan fingerprint density at radius 2 is 1.40 bits per heavy atom. The molecule has 0 rings (SSSR count). The molecule has 204 valence electrons. The van der Waals surface area contributed by atoms with E-state index in [1.807, 2.05) is 6.92 Å². The van der Waals surface area contributed by atoms with E-state index in [0.717, 1.165) is 38.5 Å². The molecular weight excluding hydrogens is 448 g/mol. The van der Waals surface area contributed by atoms with Crippen molar-refractivity contribution in [2.45, 2.75) is 137 Å². The summed E-state index contributed by atoms with van der Waals surface area (Å²) in [6.45, 7) is 12.4. The first-order chi connectivity index (χ1) is 16.3. The summed E-state index contributed by atoms with van der Waals surface area (Å²) in [6.07, 6.45) is 8.29. The van der Waals surface area contributed by atoms with Gasteiger partial charge in [0.05, 0.1) is 7.11 Å². The largest absolute Gasteiger partial charge is 0.469 e. The smallest absolute Gasteiger partial charge is 0.320 e. The lowest BCUT2D eigenvalue weighted by atomic mass is 9.74. The third-order valence-electron chi connectivity index (χ3n) is 6.35. The van der Waals surface area contributed by atoms with E-state index in [1.165, 1.54) is 21.0 Å². The molecule has 0 aromatic rings. The molecule has 0 fully saturated rings. The number of unbranched alkanes of at least 4 members (excludes halogenated alkanes) is 3. The SMILES string of the molecule is CCCCCC(CCCC(CCCCC(C)CC(=O)OC)(C(C)=O)C(=O)OC(C)(C)C)OC(C)=O. The molecule has 0 amide bonds. The molecule has 0 radical (unpaired) electrons. The van der Waals surface area contributed by atoms with Crippen LogP contribution in [-0.2, 0) is 33.4 Å². The Labute approximate surface area is 213 Å². The Morgan fingerprint density at radius 3 is 1.91 bits per heavy atom. The van der Waals surface area contributed by atoms with E-state index in [4.69, 9.17) is 14.2 Å². The van der Waals surface area contributed by atoms with Crippen LogP contribution in [0.5, 0.6) is 0 Å². The summed E-state index contributed by atoms with van der Waals surface area (Å²) in [5.74, 6) is -1.04. The van der Waals surface area contributed by atoms with Crippen LogP contribution in [0.3, 0.4) is 0 Å². The van der Waals surface area contributed by atoms with Crippen molar-refractivity contribution in [2.24, 2.45) is 11.3 Å². The molecule has 7 nitrogen and oxygen atoms in total. The average molecular weight is 499 g/mol. The molecule has 0 bridgehead atoms. The third kappa shape index (κ3) is 14.3. The van der Waals surface area contributed by atoms with Gasteiger partial charge in [-0.15, -0.1) is 0 Å². The van der Waals surface area contributed by atoms with E-state index in [1.54, 1.807) is 20.8 Å². The van der Waals surface area contributed by atoms with E-state index in [2.05, 4.69) is 6.92 Å². The van der Waals surface area contributed by atoms with Crippen LogP contribution in [0.2, 0.25) is 0 Å². The van der Waals surface area contributed by atoms with Gasteiger partial charge in [0.25, 0.3) is 0 Å². The zero-order valence-electron chi connectivity index (χ0n) is 23.5. The number of Topliss-reactive ketones (excluding diaryl/α,β-unsaturated/α-hetero) is 1. The normalized spacial score (nSPS) is 15.0. The van der Waals surface area contributed by atoms with Gasteiger partial charge >= 0.3 is 17.9 Å². The Morgan fingerprint density at radius 1 is 0.829 bits per heavy atom. The summed E-state index contributed by atoms with van der Waals surface area (Å²) >= 11 is 0. The zero-order chi connectivity index (χ0) is 27.1. The molecule has 7 heteroatoms. The van der Waals surface area contributed by atoms with Gasteiger partial charge in [0, 0.05) is 13.3 Å². The predicted octanol–water partition coefficient (Wildman–Crippen LogP) is 6.35. The van der Waals surface area contributed by atoms with Gasteiger partial charge in [-0.3, -0.25) is 19.2 Å². The van der Waals surface area contributed by atoms with Crippen LogP contribution >= 0.6 is 0 Å². The molecule has 35 heavy (non-hydrogen) atoms. The summed E-state index contributed by atoms with van der Waals surface area (Å²) in [7, 11) is 1.38. The van der Waals surface area contributed by atoms with Crippen LogP contribution in [0, 0.1) is 11.3 Å². The monoisotopic (exact) mass is 498 g/mol. The number of rotatable bonds is 18. The van der Waals surface area contributed by atoms with E-state index in [9.17, 15) is 19.2 Å². The highest BCUT2D eigenvalue weighted by molar-refractivity contribution is 6.02. The third-order valence-corrected chi connectivity index (χ3v) is 6.35. The standard InChI is InChI=1S/C28H50O7/c1-9-10-11-16-24(34-23(4)30)17-14-19-28(22(3)29,26(32)35-27(5,6)7)18-13-12-15-21(2)20-25(31)33-8/h21,24H,9-20H2,1-8H3. The van der Waals surface area contributed by atoms with Gasteiger partial charge in [-0.2, -0.15) is 0 Å². The molecule has 0 aromatic carbocycles. The van der Waals surface area contributed by atoms with Gasteiger partial charge in [-0.25, -0.2) is 0 Å². The van der Waals surface area contributed by atoms with Crippen LogP contribution < -0.4 is 0 Å². The van der Waals surface area contributed by atoms with E-state index >= 15 is 0 Å².